The molecule has 0 bridgehead atoms. The lowest BCUT2D eigenvalue weighted by atomic mass is 9.95. The van der Waals surface area contributed by atoms with Crippen molar-refractivity contribution in [1.82, 2.24) is 19.8 Å². The number of carbonyl (C=O) groups excluding carboxylic acids is 2. The molecular formula is C49H53F3N6O3S. The summed E-state index contributed by atoms with van der Waals surface area (Å²) in [5.74, 6) is 0.105. The van der Waals surface area contributed by atoms with Crippen LogP contribution in [0, 0.1) is 5.92 Å². The predicted octanol–water partition coefficient (Wildman–Crippen LogP) is 12.9. The molecule has 9 nitrogen and oxygen atoms in total. The first-order chi connectivity index (χ1) is 29.7. The molecule has 0 aliphatic carbocycles. The Kier molecular flexibility index (Phi) is 15.4. The Morgan fingerprint density at radius 1 is 0.694 bits per heavy atom. The highest BCUT2D eigenvalue weighted by Gasteiger charge is 2.31. The zero-order chi connectivity index (χ0) is 44.2. The van der Waals surface area contributed by atoms with Crippen molar-refractivity contribution in [2.24, 2.45) is 5.92 Å². The fourth-order valence-electron chi connectivity index (χ4n) is 7.13. The van der Waals surface area contributed by atoms with Gasteiger partial charge in [0, 0.05) is 65.4 Å². The highest BCUT2D eigenvalue weighted by Crippen LogP contribution is 2.27. The summed E-state index contributed by atoms with van der Waals surface area (Å²) in [4.78, 5) is 39.3. The summed E-state index contributed by atoms with van der Waals surface area (Å²) in [6.45, 7) is 10.9. The second-order valence-electron chi connectivity index (χ2n) is 16.1. The van der Waals surface area contributed by atoms with E-state index in [1.54, 1.807) is 22.4 Å². The second-order valence-corrected chi connectivity index (χ2v) is 17.0. The average molecular weight is 863 g/mol. The Bertz CT molecular complexity index is 2350. The van der Waals surface area contributed by atoms with Crippen molar-refractivity contribution in [1.29, 1.82) is 0 Å². The molecule has 2 N–H and O–H groups in total. The summed E-state index contributed by atoms with van der Waals surface area (Å²) < 4.78 is 41.5. The number of aromatic nitrogens is 2. The van der Waals surface area contributed by atoms with Crippen molar-refractivity contribution in [3.63, 3.8) is 0 Å². The highest BCUT2D eigenvalue weighted by molar-refractivity contribution is 7.13. The molecule has 6 aromatic rings. The van der Waals surface area contributed by atoms with E-state index in [2.05, 4.69) is 51.5 Å². The Labute approximate surface area is 366 Å². The molecule has 2 aromatic heterocycles. The number of alkyl halides is 3. The minimum atomic E-state index is -4.79. The first-order valence-electron chi connectivity index (χ1n) is 20.8. The van der Waals surface area contributed by atoms with Gasteiger partial charge in [-0.05, 0) is 130 Å². The van der Waals surface area contributed by atoms with Gasteiger partial charge in [-0.2, -0.15) is 0 Å². The van der Waals surface area contributed by atoms with Gasteiger partial charge in [0.2, 0.25) is 0 Å². The molecule has 0 saturated carbocycles. The van der Waals surface area contributed by atoms with E-state index >= 15 is 0 Å². The molecule has 324 valence electrons. The zero-order valence-corrected chi connectivity index (χ0v) is 36.5. The van der Waals surface area contributed by atoms with Crippen LogP contribution in [0.2, 0.25) is 0 Å². The van der Waals surface area contributed by atoms with Crippen LogP contribution in [0.3, 0.4) is 0 Å². The monoisotopic (exact) mass is 862 g/mol. The van der Waals surface area contributed by atoms with Crippen molar-refractivity contribution < 1.29 is 27.5 Å². The van der Waals surface area contributed by atoms with Crippen LogP contribution >= 0.6 is 11.3 Å². The average Bonchev–Trinajstić information content (AvgIpc) is 3.79. The van der Waals surface area contributed by atoms with E-state index < -0.39 is 6.36 Å². The van der Waals surface area contributed by atoms with Crippen LogP contribution in [-0.2, 0) is 25.9 Å². The van der Waals surface area contributed by atoms with Gasteiger partial charge >= 0.3 is 18.4 Å². The quantitative estimate of drug-likeness (QED) is 0.0951. The van der Waals surface area contributed by atoms with Crippen LogP contribution in [0.1, 0.15) is 69.7 Å². The number of amides is 4. The fourth-order valence-corrected chi connectivity index (χ4v) is 7.76. The summed E-state index contributed by atoms with van der Waals surface area (Å²) in [5, 5.41) is 8.78. The van der Waals surface area contributed by atoms with Crippen LogP contribution in [0.4, 0.5) is 34.1 Å². The zero-order valence-electron chi connectivity index (χ0n) is 35.7. The molecule has 13 heteroatoms. The number of anilines is 2. The van der Waals surface area contributed by atoms with Gasteiger partial charge in [0.1, 0.15) is 10.8 Å². The Morgan fingerprint density at radius 3 is 1.79 bits per heavy atom. The summed E-state index contributed by atoms with van der Waals surface area (Å²) in [5.41, 5.74) is 8.31. The molecule has 0 aliphatic rings. The van der Waals surface area contributed by atoms with Gasteiger partial charge in [0.15, 0.2) is 0 Å². The predicted molar refractivity (Wildman–Crippen MR) is 242 cm³/mol. The lowest BCUT2D eigenvalue weighted by Crippen LogP contribution is -2.39. The smallest absolute Gasteiger partial charge is 0.406 e. The van der Waals surface area contributed by atoms with Crippen LogP contribution in [0.15, 0.2) is 127 Å². The summed E-state index contributed by atoms with van der Waals surface area (Å²) in [6.07, 6.45) is 2.91. The first-order valence-corrected chi connectivity index (χ1v) is 21.7. The van der Waals surface area contributed by atoms with Crippen molar-refractivity contribution in [2.75, 3.05) is 10.6 Å². The maximum absolute atomic E-state index is 13.4. The maximum Gasteiger partial charge on any atom is 0.573 e. The van der Waals surface area contributed by atoms with Gasteiger partial charge in [-0.3, -0.25) is 4.98 Å². The van der Waals surface area contributed by atoms with E-state index in [9.17, 15) is 22.8 Å². The highest BCUT2D eigenvalue weighted by atomic mass is 32.1. The first kappa shape index (κ1) is 45.3. The minimum absolute atomic E-state index is 0.0140. The summed E-state index contributed by atoms with van der Waals surface area (Å²) in [7, 11) is 0. The Morgan fingerprint density at radius 2 is 1.26 bits per heavy atom. The maximum atomic E-state index is 13.4. The van der Waals surface area contributed by atoms with Crippen LogP contribution < -0.4 is 15.4 Å². The third kappa shape index (κ3) is 13.4. The number of halogens is 3. The van der Waals surface area contributed by atoms with E-state index in [1.165, 1.54) is 23.3 Å². The molecule has 0 aliphatic heterocycles. The number of benzene rings is 4. The molecule has 4 aromatic carbocycles. The lowest BCUT2D eigenvalue weighted by Gasteiger charge is -2.27. The molecule has 1 atom stereocenters. The molecule has 4 amide bonds. The fraction of sp³-hybridized carbons (Fsp3) is 0.306. The molecular weight excluding hydrogens is 810 g/mol. The largest absolute Gasteiger partial charge is 0.573 e. The third-order valence-corrected chi connectivity index (χ3v) is 11.2. The van der Waals surface area contributed by atoms with Crippen LogP contribution in [0.25, 0.3) is 21.8 Å². The van der Waals surface area contributed by atoms with Crippen molar-refractivity contribution in [3.8, 4) is 27.6 Å². The number of thiazole rings is 1. The van der Waals surface area contributed by atoms with Crippen LogP contribution in [-0.4, -0.2) is 50.3 Å². The molecule has 6 rings (SSSR count). The minimum Gasteiger partial charge on any atom is -0.406 e. The molecule has 2 heterocycles. The topological polar surface area (TPSA) is 99.7 Å². The molecule has 62 heavy (non-hydrogen) atoms. The number of nitrogens with zero attached hydrogens (tertiary/aromatic N) is 4. The molecule has 0 saturated heterocycles. The van der Waals surface area contributed by atoms with E-state index in [4.69, 9.17) is 4.98 Å². The van der Waals surface area contributed by atoms with Gasteiger partial charge in [0.25, 0.3) is 0 Å². The Balaban J connectivity index is 0.949. The van der Waals surface area contributed by atoms with Gasteiger partial charge in [-0.1, -0.05) is 67.9 Å². The number of urea groups is 2. The van der Waals surface area contributed by atoms with Gasteiger partial charge in [-0.25, -0.2) is 14.6 Å². The number of aryl methyl sites for hydroxylation is 1. The molecule has 0 fully saturated rings. The molecule has 0 radical (unpaired) electrons. The lowest BCUT2D eigenvalue weighted by molar-refractivity contribution is -0.274. The Hall–Kier alpha value is -6.21. The number of carbonyl (C=O) groups is 2. The number of nitrogens with one attached hydrogen (secondary N) is 2. The van der Waals surface area contributed by atoms with Crippen molar-refractivity contribution >= 4 is 34.8 Å². The number of rotatable bonds is 17. The van der Waals surface area contributed by atoms with Crippen molar-refractivity contribution in [3.05, 3.63) is 149 Å². The number of ether oxygens (including phenoxy) is 1. The van der Waals surface area contributed by atoms with Gasteiger partial charge in [-0.15, -0.1) is 24.5 Å². The number of hydrogen-bond donors (Lipinski definition) is 2. The van der Waals surface area contributed by atoms with Gasteiger partial charge in [0.05, 0.1) is 5.69 Å². The summed E-state index contributed by atoms with van der Waals surface area (Å²) in [6, 6.07) is 32.8. The number of hydrogen-bond acceptors (Lipinski definition) is 6. The third-order valence-electron chi connectivity index (χ3n) is 10.4. The normalized spacial score (nSPS) is 12.0. The number of pyridine rings is 1. The van der Waals surface area contributed by atoms with E-state index in [-0.39, 0.29) is 29.9 Å². The van der Waals surface area contributed by atoms with Crippen LogP contribution in [0.5, 0.6) is 5.75 Å². The molecule has 1 unspecified atom stereocenters. The van der Waals surface area contributed by atoms with Gasteiger partial charge < -0.3 is 25.2 Å². The van der Waals surface area contributed by atoms with E-state index in [0.29, 0.717) is 24.7 Å². The molecule has 0 spiro atoms. The summed E-state index contributed by atoms with van der Waals surface area (Å²) >= 11 is 1.60. The van der Waals surface area contributed by atoms with Crippen molar-refractivity contribution in [2.45, 2.75) is 91.8 Å². The van der Waals surface area contributed by atoms with E-state index in [1.807, 2.05) is 105 Å². The van der Waals surface area contributed by atoms with E-state index in [0.717, 1.165) is 76.5 Å². The standard InChI is InChI=1S/C49H53F3N6O3S/c1-33(2)57(48(60)56-43-20-22-44(23-21-43)61-49(50,51)52)31-38-11-7-13-40(28-38)45-24-17-37(30-54-45)27-35(5)9-6-10-36-15-18-42(19-16-36)55-47(59)58(34(3)4)32-39-12-8-14-41(29-39)46-53-25-26-62-46/h7-8,11-26,28-30,33-35H,6,9-10,27,31-32H2,1-5H3,(H,55,59)(H,56,60). The second kappa shape index (κ2) is 21.0. The SMILES string of the molecule is CC(CCCc1ccc(NC(=O)N(Cc2cccc(-c3nccs3)c2)C(C)C)cc1)Cc1ccc(-c2cccc(CN(C(=O)Nc3ccc(OC(F)(F)F)cc3)C(C)C)c2)nc1.